The van der Waals surface area contributed by atoms with Gasteiger partial charge < -0.3 is 5.11 Å². The van der Waals surface area contributed by atoms with Crippen LogP contribution in [0.25, 0.3) is 0 Å². The topological polar surface area (TPSA) is 37.3 Å². The van der Waals surface area contributed by atoms with E-state index in [1.165, 1.54) is 70.3 Å². The number of carboxylic acid groups (broad SMARTS) is 1. The number of carboxylic acids is 1. The SMILES string of the molecule is CCCCCCCCCCCCCC=CC=C(F)C(=O)O. The summed E-state index contributed by atoms with van der Waals surface area (Å²) in [4.78, 5) is 10.2. The molecular formula is C18H31FO2. The molecule has 1 N–H and O–H groups in total. The van der Waals surface area contributed by atoms with E-state index in [1.54, 1.807) is 0 Å². The summed E-state index contributed by atoms with van der Waals surface area (Å²) in [5.74, 6) is -2.61. The lowest BCUT2D eigenvalue weighted by Gasteiger charge is -2.01. The Bertz CT molecular complexity index is 308. The number of hydrogen-bond donors (Lipinski definition) is 1. The van der Waals surface area contributed by atoms with Gasteiger partial charge in [-0.05, 0) is 18.9 Å². The molecule has 0 aliphatic rings. The molecule has 0 atom stereocenters. The molecule has 0 saturated heterocycles. The largest absolute Gasteiger partial charge is 0.476 e. The molecule has 0 aromatic carbocycles. The Balaban J connectivity index is 3.24. The zero-order valence-electron chi connectivity index (χ0n) is 13.5. The van der Waals surface area contributed by atoms with Gasteiger partial charge in [0, 0.05) is 0 Å². The number of unbranched alkanes of at least 4 members (excludes halogenated alkanes) is 11. The average Bonchev–Trinajstić information content (AvgIpc) is 2.47. The summed E-state index contributed by atoms with van der Waals surface area (Å²) in [6, 6.07) is 0. The van der Waals surface area contributed by atoms with E-state index in [0.717, 1.165) is 18.9 Å². The summed E-state index contributed by atoms with van der Waals surface area (Å²) >= 11 is 0. The van der Waals surface area contributed by atoms with Gasteiger partial charge in [0.05, 0.1) is 0 Å². The first-order valence-electron chi connectivity index (χ1n) is 8.44. The van der Waals surface area contributed by atoms with Crippen LogP contribution in [-0.4, -0.2) is 11.1 Å². The van der Waals surface area contributed by atoms with E-state index < -0.39 is 11.8 Å². The van der Waals surface area contributed by atoms with Crippen LogP contribution in [0.4, 0.5) is 4.39 Å². The second kappa shape index (κ2) is 15.3. The van der Waals surface area contributed by atoms with Crippen molar-refractivity contribution in [2.24, 2.45) is 0 Å². The molecule has 0 aliphatic heterocycles. The zero-order valence-corrected chi connectivity index (χ0v) is 13.5. The van der Waals surface area contributed by atoms with Crippen molar-refractivity contribution < 1.29 is 14.3 Å². The van der Waals surface area contributed by atoms with Crippen molar-refractivity contribution in [2.45, 2.75) is 84.0 Å². The van der Waals surface area contributed by atoms with Crippen LogP contribution < -0.4 is 0 Å². The second-order valence-electron chi connectivity index (χ2n) is 5.57. The highest BCUT2D eigenvalue weighted by atomic mass is 19.1. The minimum atomic E-state index is -1.51. The molecule has 0 unspecified atom stereocenters. The highest BCUT2D eigenvalue weighted by Gasteiger charge is 2.01. The fourth-order valence-electron chi connectivity index (χ4n) is 2.25. The lowest BCUT2D eigenvalue weighted by molar-refractivity contribution is -0.134. The van der Waals surface area contributed by atoms with Gasteiger partial charge in [-0.3, -0.25) is 0 Å². The predicted molar refractivity (Wildman–Crippen MR) is 87.0 cm³/mol. The van der Waals surface area contributed by atoms with Gasteiger partial charge >= 0.3 is 5.97 Å². The molecule has 3 heteroatoms. The van der Waals surface area contributed by atoms with Gasteiger partial charge in [-0.15, -0.1) is 0 Å². The molecule has 0 radical (unpaired) electrons. The lowest BCUT2D eigenvalue weighted by atomic mass is 10.1. The molecule has 21 heavy (non-hydrogen) atoms. The number of aliphatic carboxylic acids is 1. The third-order valence-electron chi connectivity index (χ3n) is 3.56. The summed E-state index contributed by atoms with van der Waals surface area (Å²) in [6.07, 6.45) is 19.6. The minimum absolute atomic E-state index is 0.889. The molecule has 0 fully saturated rings. The van der Waals surface area contributed by atoms with Crippen LogP contribution in [0.1, 0.15) is 84.0 Å². The first kappa shape index (κ1) is 19.9. The van der Waals surface area contributed by atoms with Gasteiger partial charge in [0.25, 0.3) is 0 Å². The maximum Gasteiger partial charge on any atom is 0.364 e. The van der Waals surface area contributed by atoms with Gasteiger partial charge in [-0.1, -0.05) is 83.3 Å². The molecule has 0 spiro atoms. The first-order valence-corrected chi connectivity index (χ1v) is 8.44. The molecular weight excluding hydrogens is 267 g/mol. The quantitative estimate of drug-likeness (QED) is 0.236. The Morgan fingerprint density at radius 1 is 0.905 bits per heavy atom. The van der Waals surface area contributed by atoms with Crippen molar-refractivity contribution in [3.8, 4) is 0 Å². The maximum atomic E-state index is 12.6. The fourth-order valence-corrected chi connectivity index (χ4v) is 2.25. The van der Waals surface area contributed by atoms with Crippen LogP contribution in [-0.2, 0) is 4.79 Å². The Morgan fingerprint density at radius 2 is 1.38 bits per heavy atom. The van der Waals surface area contributed by atoms with Crippen molar-refractivity contribution in [1.29, 1.82) is 0 Å². The van der Waals surface area contributed by atoms with Gasteiger partial charge in [-0.2, -0.15) is 4.39 Å². The third kappa shape index (κ3) is 15.1. The number of allylic oxidation sites excluding steroid dienone is 3. The smallest absolute Gasteiger partial charge is 0.364 e. The minimum Gasteiger partial charge on any atom is -0.476 e. The van der Waals surface area contributed by atoms with Crippen LogP contribution in [0.2, 0.25) is 0 Å². The number of rotatable bonds is 14. The van der Waals surface area contributed by atoms with Crippen LogP contribution in [0.5, 0.6) is 0 Å². The predicted octanol–water partition coefficient (Wildman–Crippen LogP) is 6.18. The zero-order chi connectivity index (χ0) is 15.8. The van der Waals surface area contributed by atoms with Gasteiger partial charge in [0.15, 0.2) is 0 Å². The van der Waals surface area contributed by atoms with Gasteiger partial charge in [-0.25, -0.2) is 4.79 Å². The number of carbonyl (C=O) groups is 1. The van der Waals surface area contributed by atoms with E-state index in [1.807, 2.05) is 6.08 Å². The summed E-state index contributed by atoms with van der Waals surface area (Å²) in [7, 11) is 0. The molecule has 0 aromatic heterocycles. The normalized spacial score (nSPS) is 12.2. The molecule has 122 valence electrons. The molecule has 2 nitrogen and oxygen atoms in total. The van der Waals surface area contributed by atoms with E-state index >= 15 is 0 Å². The van der Waals surface area contributed by atoms with E-state index in [9.17, 15) is 9.18 Å². The van der Waals surface area contributed by atoms with Crippen LogP contribution in [0.15, 0.2) is 24.1 Å². The Morgan fingerprint density at radius 3 is 1.86 bits per heavy atom. The van der Waals surface area contributed by atoms with E-state index in [2.05, 4.69) is 6.92 Å². The van der Waals surface area contributed by atoms with Crippen molar-refractivity contribution in [3.05, 3.63) is 24.1 Å². The van der Waals surface area contributed by atoms with E-state index in [4.69, 9.17) is 5.11 Å². The molecule has 0 saturated carbocycles. The van der Waals surface area contributed by atoms with Gasteiger partial charge in [0.2, 0.25) is 5.83 Å². The van der Waals surface area contributed by atoms with Crippen LogP contribution in [0, 0.1) is 0 Å². The monoisotopic (exact) mass is 298 g/mol. The standard InChI is InChI=1S/C18H31FO2/c1-2-3-4-5-6-7-8-9-10-11-12-13-14-15-16-17(19)18(20)21/h14-16H,2-13H2,1H3,(H,20,21). The maximum absolute atomic E-state index is 12.6. The van der Waals surface area contributed by atoms with Crippen molar-refractivity contribution in [2.75, 3.05) is 0 Å². The molecule has 0 heterocycles. The Hall–Kier alpha value is -1.12. The molecule has 0 rings (SSSR count). The van der Waals surface area contributed by atoms with Crippen LogP contribution >= 0.6 is 0 Å². The first-order chi connectivity index (χ1) is 10.2. The summed E-state index contributed by atoms with van der Waals surface area (Å²) in [5.41, 5.74) is 0. The van der Waals surface area contributed by atoms with Crippen molar-refractivity contribution >= 4 is 5.97 Å². The average molecular weight is 298 g/mol. The third-order valence-corrected chi connectivity index (χ3v) is 3.56. The van der Waals surface area contributed by atoms with Gasteiger partial charge in [0.1, 0.15) is 0 Å². The summed E-state index contributed by atoms with van der Waals surface area (Å²) < 4.78 is 12.6. The van der Waals surface area contributed by atoms with Crippen LogP contribution in [0.3, 0.4) is 0 Å². The van der Waals surface area contributed by atoms with Crippen molar-refractivity contribution in [1.82, 2.24) is 0 Å². The van der Waals surface area contributed by atoms with E-state index in [-0.39, 0.29) is 0 Å². The Kier molecular flexibility index (Phi) is 14.5. The summed E-state index contributed by atoms with van der Waals surface area (Å²) in [6.45, 7) is 2.24. The second-order valence-corrected chi connectivity index (χ2v) is 5.57. The van der Waals surface area contributed by atoms with Crippen molar-refractivity contribution in [3.63, 3.8) is 0 Å². The molecule has 0 bridgehead atoms. The fraction of sp³-hybridized carbons (Fsp3) is 0.722. The number of halogens is 1. The lowest BCUT2D eigenvalue weighted by Crippen LogP contribution is -1.93. The Labute approximate surface area is 129 Å². The van der Waals surface area contributed by atoms with E-state index in [0.29, 0.717) is 0 Å². The number of hydrogen-bond acceptors (Lipinski definition) is 1. The molecule has 0 amide bonds. The molecule has 0 aliphatic carbocycles. The summed E-state index contributed by atoms with van der Waals surface area (Å²) in [5, 5.41) is 8.31. The highest BCUT2D eigenvalue weighted by Crippen LogP contribution is 2.12. The highest BCUT2D eigenvalue weighted by molar-refractivity contribution is 5.84. The molecule has 0 aromatic rings.